The topological polar surface area (TPSA) is 41.3 Å². The van der Waals surface area contributed by atoms with Gasteiger partial charge in [-0.25, -0.2) is 0 Å². The van der Waals surface area contributed by atoms with Crippen molar-refractivity contribution < 1.29 is 5.11 Å². The van der Waals surface area contributed by atoms with E-state index in [9.17, 15) is 5.11 Å². The summed E-state index contributed by atoms with van der Waals surface area (Å²) in [5.74, 6) is 0. The van der Waals surface area contributed by atoms with Gasteiger partial charge in [0.15, 0.2) is 0 Å². The van der Waals surface area contributed by atoms with Crippen LogP contribution in [-0.4, -0.2) is 39.4 Å². The van der Waals surface area contributed by atoms with E-state index in [2.05, 4.69) is 46.7 Å². The predicted octanol–water partition coefficient (Wildman–Crippen LogP) is 2.82. The van der Waals surface area contributed by atoms with E-state index in [1.165, 1.54) is 0 Å². The Morgan fingerprint density at radius 2 is 2.11 bits per heavy atom. The molecular formula is C13H24BrN3O. The van der Waals surface area contributed by atoms with Crippen LogP contribution in [0, 0.1) is 0 Å². The monoisotopic (exact) mass is 317 g/mol. The van der Waals surface area contributed by atoms with Crippen molar-refractivity contribution >= 4 is 15.9 Å². The lowest BCUT2D eigenvalue weighted by atomic mass is 9.88. The van der Waals surface area contributed by atoms with Crippen molar-refractivity contribution in [1.82, 2.24) is 14.7 Å². The minimum absolute atomic E-state index is 0.298. The van der Waals surface area contributed by atoms with E-state index in [0.717, 1.165) is 29.6 Å². The Balaban J connectivity index is 3.16. The summed E-state index contributed by atoms with van der Waals surface area (Å²) >= 11 is 3.50. The molecule has 0 bridgehead atoms. The van der Waals surface area contributed by atoms with Crippen LogP contribution < -0.4 is 0 Å². The van der Waals surface area contributed by atoms with Gasteiger partial charge in [-0.3, -0.25) is 4.68 Å². The summed E-state index contributed by atoms with van der Waals surface area (Å²) in [7, 11) is 4.00. The van der Waals surface area contributed by atoms with Crippen molar-refractivity contribution in [3.05, 3.63) is 16.4 Å². The summed E-state index contributed by atoms with van der Waals surface area (Å²) < 4.78 is 2.77. The predicted molar refractivity (Wildman–Crippen MR) is 77.6 cm³/mol. The van der Waals surface area contributed by atoms with Crippen LogP contribution in [0.2, 0.25) is 0 Å². The fourth-order valence-electron chi connectivity index (χ4n) is 2.08. The van der Waals surface area contributed by atoms with Crippen LogP contribution in [0.4, 0.5) is 0 Å². The number of nitrogens with zero attached hydrogens (tertiary/aromatic N) is 3. The molecule has 1 aromatic heterocycles. The van der Waals surface area contributed by atoms with Crippen molar-refractivity contribution in [3.8, 4) is 0 Å². The molecule has 0 aromatic carbocycles. The van der Waals surface area contributed by atoms with Gasteiger partial charge in [0.25, 0.3) is 0 Å². The standard InChI is InChI=1S/C13H24BrN3O/c1-6-8-17-11(10(14)9-15-17)12(18)13(3,7-2)16(4)5/h9,12,18H,6-8H2,1-5H3. The van der Waals surface area contributed by atoms with Crippen molar-refractivity contribution in [2.45, 2.75) is 51.8 Å². The second-order valence-electron chi connectivity index (χ2n) is 5.11. The number of hydrogen-bond acceptors (Lipinski definition) is 3. The lowest BCUT2D eigenvalue weighted by Crippen LogP contribution is -2.46. The third-order valence-electron chi connectivity index (χ3n) is 3.85. The molecule has 0 aliphatic carbocycles. The van der Waals surface area contributed by atoms with Crippen LogP contribution in [0.3, 0.4) is 0 Å². The normalized spacial score (nSPS) is 16.9. The Bertz CT molecular complexity index is 392. The van der Waals surface area contributed by atoms with Crippen LogP contribution in [0.1, 0.15) is 45.4 Å². The molecule has 0 saturated carbocycles. The van der Waals surface area contributed by atoms with Crippen molar-refractivity contribution in [1.29, 1.82) is 0 Å². The molecule has 5 heteroatoms. The van der Waals surface area contributed by atoms with Gasteiger partial charge in [0.05, 0.1) is 16.4 Å². The SMILES string of the molecule is CCCn1ncc(Br)c1C(O)C(C)(CC)N(C)C. The molecule has 1 N–H and O–H groups in total. The molecule has 0 saturated heterocycles. The van der Waals surface area contributed by atoms with Gasteiger partial charge in [0.2, 0.25) is 0 Å². The summed E-state index contributed by atoms with van der Waals surface area (Å²) in [5, 5.41) is 15.1. The average molecular weight is 318 g/mol. The molecule has 4 nitrogen and oxygen atoms in total. The second-order valence-corrected chi connectivity index (χ2v) is 5.96. The average Bonchev–Trinajstić information content (AvgIpc) is 2.68. The molecule has 104 valence electrons. The first-order valence-corrected chi connectivity index (χ1v) is 7.24. The van der Waals surface area contributed by atoms with Gasteiger partial charge in [0.1, 0.15) is 6.10 Å². The molecule has 0 amide bonds. The molecular weight excluding hydrogens is 294 g/mol. The van der Waals surface area contributed by atoms with Crippen molar-refractivity contribution in [2.24, 2.45) is 0 Å². The first-order valence-electron chi connectivity index (χ1n) is 6.45. The highest BCUT2D eigenvalue weighted by Crippen LogP contribution is 2.36. The molecule has 1 aromatic rings. The van der Waals surface area contributed by atoms with Gasteiger partial charge >= 0.3 is 0 Å². The Hall–Kier alpha value is -0.390. The number of likely N-dealkylation sites (N-methyl/N-ethyl adjacent to an activating group) is 1. The van der Waals surface area contributed by atoms with Crippen molar-refractivity contribution in [3.63, 3.8) is 0 Å². The van der Waals surface area contributed by atoms with E-state index < -0.39 is 6.10 Å². The van der Waals surface area contributed by atoms with E-state index >= 15 is 0 Å². The fraction of sp³-hybridized carbons (Fsp3) is 0.769. The molecule has 2 unspecified atom stereocenters. The molecule has 2 atom stereocenters. The number of hydrogen-bond donors (Lipinski definition) is 1. The quantitative estimate of drug-likeness (QED) is 0.877. The number of rotatable bonds is 6. The number of aromatic nitrogens is 2. The molecule has 1 rings (SSSR count). The maximum atomic E-state index is 10.8. The maximum Gasteiger partial charge on any atom is 0.115 e. The zero-order chi connectivity index (χ0) is 13.9. The van der Waals surface area contributed by atoms with E-state index in [1.54, 1.807) is 6.20 Å². The van der Waals surface area contributed by atoms with Crippen LogP contribution >= 0.6 is 15.9 Å². The van der Waals surface area contributed by atoms with Gasteiger partial charge in [-0.2, -0.15) is 5.10 Å². The highest BCUT2D eigenvalue weighted by molar-refractivity contribution is 9.10. The number of aliphatic hydroxyl groups excluding tert-OH is 1. The van der Waals surface area contributed by atoms with E-state index in [-0.39, 0.29) is 5.54 Å². The number of aliphatic hydroxyl groups is 1. The second kappa shape index (κ2) is 6.17. The summed E-state index contributed by atoms with van der Waals surface area (Å²) in [6.45, 7) is 7.10. The Morgan fingerprint density at radius 3 is 2.56 bits per heavy atom. The lowest BCUT2D eigenvalue weighted by molar-refractivity contribution is -0.00493. The third kappa shape index (κ3) is 2.78. The van der Waals surface area contributed by atoms with Crippen LogP contribution in [0.5, 0.6) is 0 Å². The molecule has 0 spiro atoms. The zero-order valence-electron chi connectivity index (χ0n) is 11.9. The largest absolute Gasteiger partial charge is 0.385 e. The van der Waals surface area contributed by atoms with Gasteiger partial charge < -0.3 is 10.0 Å². The summed E-state index contributed by atoms with van der Waals surface area (Å²) in [6.07, 6.45) is 3.06. The zero-order valence-corrected chi connectivity index (χ0v) is 13.5. The lowest BCUT2D eigenvalue weighted by Gasteiger charge is -2.40. The molecule has 18 heavy (non-hydrogen) atoms. The number of aryl methyl sites for hydroxylation is 1. The molecule has 0 fully saturated rings. The molecule has 0 aliphatic heterocycles. The van der Waals surface area contributed by atoms with Gasteiger partial charge in [0, 0.05) is 12.1 Å². The molecule has 0 radical (unpaired) electrons. The maximum absolute atomic E-state index is 10.8. The first kappa shape index (κ1) is 15.7. The smallest absolute Gasteiger partial charge is 0.115 e. The van der Waals surface area contributed by atoms with E-state index in [1.807, 2.05) is 18.8 Å². The van der Waals surface area contributed by atoms with Gasteiger partial charge in [-0.05, 0) is 49.8 Å². The van der Waals surface area contributed by atoms with E-state index in [4.69, 9.17) is 0 Å². The third-order valence-corrected chi connectivity index (χ3v) is 4.47. The van der Waals surface area contributed by atoms with Crippen LogP contribution in [0.25, 0.3) is 0 Å². The Labute approximate surface area is 118 Å². The molecule has 1 heterocycles. The minimum atomic E-state index is -0.569. The summed E-state index contributed by atoms with van der Waals surface area (Å²) in [4.78, 5) is 2.08. The molecule has 0 aliphatic rings. The first-order chi connectivity index (χ1) is 8.38. The minimum Gasteiger partial charge on any atom is -0.385 e. The number of halogens is 1. The highest BCUT2D eigenvalue weighted by atomic mass is 79.9. The van der Waals surface area contributed by atoms with Crippen LogP contribution in [-0.2, 0) is 6.54 Å². The van der Waals surface area contributed by atoms with Crippen molar-refractivity contribution in [2.75, 3.05) is 14.1 Å². The highest BCUT2D eigenvalue weighted by Gasteiger charge is 2.37. The Morgan fingerprint density at radius 1 is 1.50 bits per heavy atom. The van der Waals surface area contributed by atoms with Crippen LogP contribution in [0.15, 0.2) is 10.7 Å². The summed E-state index contributed by atoms with van der Waals surface area (Å²) in [5.41, 5.74) is 0.573. The van der Waals surface area contributed by atoms with E-state index in [0.29, 0.717) is 0 Å². The van der Waals surface area contributed by atoms with Gasteiger partial charge in [-0.15, -0.1) is 0 Å². The van der Waals surface area contributed by atoms with Gasteiger partial charge in [-0.1, -0.05) is 13.8 Å². The summed E-state index contributed by atoms with van der Waals surface area (Å²) in [6, 6.07) is 0. The fourth-order valence-corrected chi connectivity index (χ4v) is 2.60. The Kier molecular flexibility index (Phi) is 5.37.